The lowest BCUT2D eigenvalue weighted by Gasteiger charge is -2.01. The Hall–Kier alpha value is -2.28. The monoisotopic (exact) mass is 240 g/mol. The minimum absolute atomic E-state index is 0.0767. The Balaban J connectivity index is 3.39. The molecule has 0 aliphatic carbocycles. The van der Waals surface area contributed by atoms with Crippen molar-refractivity contribution in [1.29, 1.82) is 0 Å². The van der Waals surface area contributed by atoms with Crippen molar-refractivity contribution in [1.82, 2.24) is 0 Å². The van der Waals surface area contributed by atoms with Crippen LogP contribution in [0.2, 0.25) is 0 Å². The third-order valence-electron chi connectivity index (χ3n) is 1.98. The van der Waals surface area contributed by atoms with E-state index in [9.17, 15) is 19.3 Å². The number of carbonyl (C=O) groups is 1. The average Bonchev–Trinajstić information content (AvgIpc) is 2.26. The van der Waals surface area contributed by atoms with Gasteiger partial charge in [0.25, 0.3) is 5.69 Å². The predicted molar refractivity (Wildman–Crippen MR) is 58.1 cm³/mol. The number of nitro benzene ring substituents is 1. The molecule has 3 N–H and O–H groups in total. The molecule has 0 aromatic heterocycles. The predicted octanol–water partition coefficient (Wildman–Crippen LogP) is 1.40. The van der Waals surface area contributed by atoms with Gasteiger partial charge in [0.15, 0.2) is 0 Å². The molecule has 0 amide bonds. The van der Waals surface area contributed by atoms with Crippen molar-refractivity contribution in [3.05, 3.63) is 45.3 Å². The van der Waals surface area contributed by atoms with E-state index in [2.05, 4.69) is 0 Å². The summed E-state index contributed by atoms with van der Waals surface area (Å²) >= 11 is 0. The molecule has 0 fully saturated rings. The van der Waals surface area contributed by atoms with Crippen LogP contribution in [0.25, 0.3) is 6.08 Å². The van der Waals surface area contributed by atoms with Crippen molar-refractivity contribution in [3.63, 3.8) is 0 Å². The summed E-state index contributed by atoms with van der Waals surface area (Å²) in [6.45, 7) is 0.147. The van der Waals surface area contributed by atoms with E-state index in [1.165, 1.54) is 12.2 Å². The number of rotatable bonds is 4. The highest BCUT2D eigenvalue weighted by atomic mass is 19.1. The summed E-state index contributed by atoms with van der Waals surface area (Å²) in [6.07, 6.45) is 2.66. The van der Waals surface area contributed by atoms with Gasteiger partial charge in [-0.2, -0.15) is 0 Å². The molecule has 1 aromatic carbocycles. The zero-order valence-electron chi connectivity index (χ0n) is 8.59. The van der Waals surface area contributed by atoms with Gasteiger partial charge in [0.1, 0.15) is 11.4 Å². The van der Waals surface area contributed by atoms with Crippen molar-refractivity contribution in [2.75, 3.05) is 6.54 Å². The first-order valence-corrected chi connectivity index (χ1v) is 4.55. The van der Waals surface area contributed by atoms with Crippen molar-refractivity contribution >= 4 is 17.7 Å². The van der Waals surface area contributed by atoms with Crippen molar-refractivity contribution < 1.29 is 19.2 Å². The molecule has 0 spiro atoms. The smallest absolute Gasteiger partial charge is 0.342 e. The number of hydrogen-bond donors (Lipinski definition) is 2. The van der Waals surface area contributed by atoms with Gasteiger partial charge in [-0.1, -0.05) is 12.2 Å². The summed E-state index contributed by atoms with van der Waals surface area (Å²) in [6, 6.07) is 1.49. The normalized spacial score (nSPS) is 10.7. The van der Waals surface area contributed by atoms with Gasteiger partial charge >= 0.3 is 5.97 Å². The highest BCUT2D eigenvalue weighted by Gasteiger charge is 2.22. The van der Waals surface area contributed by atoms with E-state index >= 15 is 0 Å². The molecule has 90 valence electrons. The topological polar surface area (TPSA) is 106 Å². The lowest BCUT2D eigenvalue weighted by molar-refractivity contribution is -0.385. The van der Waals surface area contributed by atoms with Crippen molar-refractivity contribution in [2.45, 2.75) is 0 Å². The van der Waals surface area contributed by atoms with Crippen LogP contribution in [-0.4, -0.2) is 22.5 Å². The molecule has 7 heteroatoms. The third kappa shape index (κ3) is 2.85. The lowest BCUT2D eigenvalue weighted by atomic mass is 10.1. The second-order valence-corrected chi connectivity index (χ2v) is 3.09. The number of hydrogen-bond acceptors (Lipinski definition) is 4. The molecular weight excluding hydrogens is 231 g/mol. The number of carboxylic acids is 1. The Labute approximate surface area is 95.3 Å². The zero-order valence-corrected chi connectivity index (χ0v) is 8.59. The van der Waals surface area contributed by atoms with Crippen LogP contribution in [0.5, 0.6) is 0 Å². The molecule has 0 atom stereocenters. The third-order valence-corrected chi connectivity index (χ3v) is 1.98. The molecule has 1 aromatic rings. The highest BCUT2D eigenvalue weighted by molar-refractivity contribution is 5.92. The molecule has 0 heterocycles. The van der Waals surface area contributed by atoms with Crippen molar-refractivity contribution in [2.24, 2.45) is 5.73 Å². The van der Waals surface area contributed by atoms with Crippen LogP contribution in [0.4, 0.5) is 10.1 Å². The summed E-state index contributed by atoms with van der Waals surface area (Å²) < 4.78 is 13.4. The molecule has 0 unspecified atom stereocenters. The minimum atomic E-state index is -1.55. The molecule has 0 saturated heterocycles. The van der Waals surface area contributed by atoms with Gasteiger partial charge in [-0.15, -0.1) is 0 Å². The van der Waals surface area contributed by atoms with Gasteiger partial charge in [-0.05, 0) is 6.07 Å². The lowest BCUT2D eigenvalue weighted by Crippen LogP contribution is -2.04. The highest BCUT2D eigenvalue weighted by Crippen LogP contribution is 2.23. The van der Waals surface area contributed by atoms with Gasteiger partial charge in [0, 0.05) is 18.2 Å². The maximum Gasteiger partial charge on any atom is 0.342 e. The van der Waals surface area contributed by atoms with Crippen LogP contribution >= 0.6 is 0 Å². The Bertz CT molecular complexity index is 499. The molecule has 17 heavy (non-hydrogen) atoms. The summed E-state index contributed by atoms with van der Waals surface area (Å²) in [5, 5.41) is 19.3. The fourth-order valence-electron chi connectivity index (χ4n) is 1.22. The number of benzene rings is 1. The number of carboxylic acid groups (broad SMARTS) is 1. The van der Waals surface area contributed by atoms with E-state index in [1.807, 2.05) is 0 Å². The quantitative estimate of drug-likeness (QED) is 0.611. The standard InChI is InChI=1S/C10H9FN2O4/c11-8-5-7(10(14)15)9(13(16)17)4-6(8)2-1-3-12/h1-2,4-5H,3,12H2,(H,14,15). The largest absolute Gasteiger partial charge is 0.477 e. The summed E-state index contributed by atoms with van der Waals surface area (Å²) in [5.74, 6) is -2.40. The maximum absolute atomic E-state index is 13.4. The van der Waals surface area contributed by atoms with E-state index in [0.717, 1.165) is 6.07 Å². The minimum Gasteiger partial charge on any atom is -0.477 e. The van der Waals surface area contributed by atoms with Crippen molar-refractivity contribution in [3.8, 4) is 0 Å². The van der Waals surface area contributed by atoms with E-state index in [4.69, 9.17) is 10.8 Å². The second kappa shape index (κ2) is 5.17. The Morgan fingerprint density at radius 3 is 2.71 bits per heavy atom. The van der Waals surface area contributed by atoms with Crippen LogP contribution in [-0.2, 0) is 0 Å². The van der Waals surface area contributed by atoms with Gasteiger partial charge in [0.05, 0.1) is 4.92 Å². The molecule has 0 bridgehead atoms. The van der Waals surface area contributed by atoms with Gasteiger partial charge < -0.3 is 10.8 Å². The first kappa shape index (κ1) is 12.8. The van der Waals surface area contributed by atoms with Crippen LogP contribution in [0.3, 0.4) is 0 Å². The SMILES string of the molecule is NCC=Cc1cc([N+](=O)[O-])c(C(=O)O)cc1F. The molecule has 6 nitrogen and oxygen atoms in total. The number of aromatic carboxylic acids is 1. The fraction of sp³-hybridized carbons (Fsp3) is 0.100. The molecule has 0 saturated carbocycles. The summed E-state index contributed by atoms with van der Waals surface area (Å²) in [5.41, 5.74) is 3.75. The van der Waals surface area contributed by atoms with E-state index in [-0.39, 0.29) is 12.1 Å². The molecule has 0 radical (unpaired) electrons. The molecule has 1 rings (SSSR count). The van der Waals surface area contributed by atoms with Crippen LogP contribution in [0.15, 0.2) is 18.2 Å². The Kier molecular flexibility index (Phi) is 3.89. The Morgan fingerprint density at radius 2 is 2.24 bits per heavy atom. The van der Waals surface area contributed by atoms with Gasteiger partial charge in [-0.3, -0.25) is 10.1 Å². The Morgan fingerprint density at radius 1 is 1.59 bits per heavy atom. The summed E-state index contributed by atoms with van der Waals surface area (Å²) in [4.78, 5) is 20.5. The van der Waals surface area contributed by atoms with E-state index in [1.54, 1.807) is 0 Å². The van der Waals surface area contributed by atoms with Crippen LogP contribution in [0.1, 0.15) is 15.9 Å². The summed E-state index contributed by atoms with van der Waals surface area (Å²) in [7, 11) is 0. The number of nitrogens with zero attached hydrogens (tertiary/aromatic N) is 1. The molecule has 0 aliphatic rings. The molecular formula is C10H9FN2O4. The first-order valence-electron chi connectivity index (χ1n) is 4.55. The van der Waals surface area contributed by atoms with Gasteiger partial charge in [-0.25, -0.2) is 9.18 Å². The zero-order chi connectivity index (χ0) is 13.0. The molecule has 0 aliphatic heterocycles. The second-order valence-electron chi connectivity index (χ2n) is 3.09. The van der Waals surface area contributed by atoms with Gasteiger partial charge in [0.2, 0.25) is 0 Å². The van der Waals surface area contributed by atoms with E-state index in [0.29, 0.717) is 6.07 Å². The first-order chi connectivity index (χ1) is 7.97. The van der Waals surface area contributed by atoms with Crippen LogP contribution < -0.4 is 5.73 Å². The maximum atomic E-state index is 13.4. The van der Waals surface area contributed by atoms with E-state index < -0.39 is 28.0 Å². The average molecular weight is 240 g/mol. The number of halogens is 1. The number of nitrogens with two attached hydrogens (primary N) is 1. The number of nitro groups is 1. The fourth-order valence-corrected chi connectivity index (χ4v) is 1.22. The van der Waals surface area contributed by atoms with Crippen LogP contribution in [0, 0.1) is 15.9 Å².